The van der Waals surface area contributed by atoms with Gasteiger partial charge < -0.3 is 15.0 Å². The summed E-state index contributed by atoms with van der Waals surface area (Å²) in [4.78, 5) is 16.8. The summed E-state index contributed by atoms with van der Waals surface area (Å²) in [6.07, 6.45) is 0. The Labute approximate surface area is 171 Å². The van der Waals surface area contributed by atoms with Crippen LogP contribution in [0.25, 0.3) is 0 Å². The van der Waals surface area contributed by atoms with E-state index in [1.165, 1.54) is 0 Å². The molecule has 0 radical (unpaired) electrons. The maximum absolute atomic E-state index is 12.9. The zero-order valence-corrected chi connectivity index (χ0v) is 17.4. The minimum Gasteiger partial charge on any atom is -0.463 e. The number of carbonyl (C=O) groups excluding carboxylic acids is 1. The summed E-state index contributed by atoms with van der Waals surface area (Å²) in [6, 6.07) is 17.5. The maximum Gasteiger partial charge on any atom is 0.338 e. The molecule has 3 rings (SSSR count). The molecule has 1 aliphatic heterocycles. The molecule has 0 saturated carbocycles. The van der Waals surface area contributed by atoms with Gasteiger partial charge in [-0.15, -0.1) is 0 Å². The lowest BCUT2D eigenvalue weighted by atomic mass is 9.94. The van der Waals surface area contributed by atoms with Crippen LogP contribution in [0.3, 0.4) is 0 Å². The third-order valence-corrected chi connectivity index (χ3v) is 5.04. The van der Waals surface area contributed by atoms with Gasteiger partial charge in [-0.1, -0.05) is 30.3 Å². The van der Waals surface area contributed by atoms with Crippen LogP contribution in [0.15, 0.2) is 65.9 Å². The molecule has 6 heteroatoms. The number of hydrogen-bond acceptors (Lipinski definition) is 4. The van der Waals surface area contributed by atoms with Gasteiger partial charge in [-0.2, -0.15) is 0 Å². The highest BCUT2D eigenvalue weighted by atomic mass is 32.1. The molecule has 2 aromatic carbocycles. The average Bonchev–Trinajstić information content (AvgIpc) is 2.68. The first kappa shape index (κ1) is 19.9. The predicted molar refractivity (Wildman–Crippen MR) is 117 cm³/mol. The molecule has 0 spiro atoms. The second kappa shape index (κ2) is 8.44. The summed E-state index contributed by atoms with van der Waals surface area (Å²) >= 11 is 5.66. The number of benzene rings is 2. The van der Waals surface area contributed by atoms with Crippen LogP contribution in [0.4, 0.5) is 11.4 Å². The number of para-hydroxylation sites is 1. The fourth-order valence-corrected chi connectivity index (χ4v) is 3.68. The van der Waals surface area contributed by atoms with E-state index in [9.17, 15) is 4.79 Å². The number of hydrogen-bond donors (Lipinski definition) is 1. The lowest BCUT2D eigenvalue weighted by molar-refractivity contribution is -0.139. The standard InChI is InChI=1S/C22H25N3O2S/c1-5-27-21(26)19-15(2)25(18-9-7-6-8-10-18)22(28)23-20(19)16-11-13-17(14-12-16)24(3)4/h6-14,20H,5H2,1-4H3,(H,23,28). The highest BCUT2D eigenvalue weighted by Crippen LogP contribution is 2.34. The van der Waals surface area contributed by atoms with Crippen molar-refractivity contribution in [2.75, 3.05) is 30.5 Å². The number of nitrogens with zero attached hydrogens (tertiary/aromatic N) is 2. The number of allylic oxidation sites excluding steroid dienone is 1. The van der Waals surface area contributed by atoms with E-state index in [1.807, 2.05) is 92.3 Å². The van der Waals surface area contributed by atoms with Crippen molar-refractivity contribution >= 4 is 34.7 Å². The minimum absolute atomic E-state index is 0.317. The number of carbonyl (C=O) groups is 1. The smallest absolute Gasteiger partial charge is 0.338 e. The largest absolute Gasteiger partial charge is 0.463 e. The van der Waals surface area contributed by atoms with Crippen molar-refractivity contribution in [3.8, 4) is 0 Å². The van der Waals surface area contributed by atoms with E-state index in [2.05, 4.69) is 5.32 Å². The first-order valence-corrected chi connectivity index (χ1v) is 9.65. The van der Waals surface area contributed by atoms with Crippen molar-refractivity contribution in [1.82, 2.24) is 5.32 Å². The van der Waals surface area contributed by atoms with E-state index >= 15 is 0 Å². The van der Waals surface area contributed by atoms with Gasteiger partial charge in [-0.05, 0) is 55.9 Å². The van der Waals surface area contributed by atoms with E-state index in [0.29, 0.717) is 17.3 Å². The molecule has 1 N–H and O–H groups in total. The lowest BCUT2D eigenvalue weighted by Gasteiger charge is -2.37. The van der Waals surface area contributed by atoms with Gasteiger partial charge in [-0.3, -0.25) is 4.90 Å². The SMILES string of the molecule is CCOC(=O)C1=C(C)N(c2ccccc2)C(=S)NC1c1ccc(N(C)C)cc1. The molecular formula is C22H25N3O2S. The summed E-state index contributed by atoms with van der Waals surface area (Å²) in [7, 11) is 3.99. The van der Waals surface area contributed by atoms with Gasteiger partial charge in [0.05, 0.1) is 18.2 Å². The average molecular weight is 396 g/mol. The van der Waals surface area contributed by atoms with Crippen LogP contribution in [0.5, 0.6) is 0 Å². The molecule has 0 aromatic heterocycles. The molecule has 1 unspecified atom stereocenters. The Balaban J connectivity index is 2.08. The third-order valence-electron chi connectivity index (χ3n) is 4.74. The molecule has 1 aliphatic rings. The summed E-state index contributed by atoms with van der Waals surface area (Å²) in [5.74, 6) is -0.336. The molecule has 0 saturated heterocycles. The number of esters is 1. The van der Waals surface area contributed by atoms with Crippen LogP contribution in [-0.2, 0) is 9.53 Å². The second-order valence-electron chi connectivity index (χ2n) is 6.76. The summed E-state index contributed by atoms with van der Waals surface area (Å²) < 4.78 is 5.37. The molecule has 2 aromatic rings. The minimum atomic E-state index is -0.359. The molecule has 0 fully saturated rings. The quantitative estimate of drug-likeness (QED) is 0.609. The molecule has 146 valence electrons. The van der Waals surface area contributed by atoms with Crippen LogP contribution >= 0.6 is 12.2 Å². The Hall–Kier alpha value is -2.86. The van der Waals surface area contributed by atoms with Crippen LogP contribution in [0.2, 0.25) is 0 Å². The fraction of sp³-hybridized carbons (Fsp3) is 0.273. The van der Waals surface area contributed by atoms with E-state index < -0.39 is 0 Å². The van der Waals surface area contributed by atoms with Gasteiger partial charge in [0.2, 0.25) is 0 Å². The van der Waals surface area contributed by atoms with Crippen molar-refractivity contribution in [2.24, 2.45) is 0 Å². The van der Waals surface area contributed by atoms with Gasteiger partial charge in [0.15, 0.2) is 5.11 Å². The van der Waals surface area contributed by atoms with Gasteiger partial charge in [-0.25, -0.2) is 4.79 Å². The molecule has 1 heterocycles. The topological polar surface area (TPSA) is 44.8 Å². The summed E-state index contributed by atoms with van der Waals surface area (Å²) in [5, 5.41) is 3.89. The highest BCUT2D eigenvalue weighted by Gasteiger charge is 2.35. The van der Waals surface area contributed by atoms with E-state index in [-0.39, 0.29) is 12.0 Å². The summed E-state index contributed by atoms with van der Waals surface area (Å²) in [6.45, 7) is 4.04. The Morgan fingerprint density at radius 2 is 1.79 bits per heavy atom. The van der Waals surface area contributed by atoms with Gasteiger partial charge in [0.1, 0.15) is 0 Å². The fourth-order valence-electron chi connectivity index (χ4n) is 3.32. The maximum atomic E-state index is 12.9. The Kier molecular flexibility index (Phi) is 5.99. The molecular weight excluding hydrogens is 370 g/mol. The highest BCUT2D eigenvalue weighted by molar-refractivity contribution is 7.80. The van der Waals surface area contributed by atoms with Crippen LogP contribution in [-0.4, -0.2) is 31.8 Å². The number of anilines is 2. The van der Waals surface area contributed by atoms with Crippen molar-refractivity contribution in [3.05, 3.63) is 71.4 Å². The number of thiocarbonyl (C=S) groups is 1. The zero-order valence-electron chi connectivity index (χ0n) is 16.6. The Morgan fingerprint density at radius 3 is 2.36 bits per heavy atom. The van der Waals surface area contributed by atoms with Crippen LogP contribution in [0.1, 0.15) is 25.5 Å². The second-order valence-corrected chi connectivity index (χ2v) is 7.15. The van der Waals surface area contributed by atoms with Crippen molar-refractivity contribution in [3.63, 3.8) is 0 Å². The first-order valence-electron chi connectivity index (χ1n) is 9.25. The van der Waals surface area contributed by atoms with Gasteiger partial charge in [0.25, 0.3) is 0 Å². The van der Waals surface area contributed by atoms with Gasteiger partial charge >= 0.3 is 5.97 Å². The van der Waals surface area contributed by atoms with Crippen LogP contribution in [0, 0.1) is 0 Å². The number of nitrogens with one attached hydrogen (secondary N) is 1. The normalized spacial score (nSPS) is 16.6. The van der Waals surface area contributed by atoms with Crippen LogP contribution < -0.4 is 15.1 Å². The third kappa shape index (κ3) is 3.87. The van der Waals surface area contributed by atoms with Crippen molar-refractivity contribution in [2.45, 2.75) is 19.9 Å². The Morgan fingerprint density at radius 1 is 1.14 bits per heavy atom. The Bertz CT molecular complexity index is 892. The van der Waals surface area contributed by atoms with Crippen molar-refractivity contribution < 1.29 is 9.53 Å². The van der Waals surface area contributed by atoms with E-state index in [4.69, 9.17) is 17.0 Å². The zero-order chi connectivity index (χ0) is 20.3. The van der Waals surface area contributed by atoms with E-state index in [0.717, 1.165) is 22.6 Å². The molecule has 5 nitrogen and oxygen atoms in total. The molecule has 0 amide bonds. The van der Waals surface area contributed by atoms with Crippen molar-refractivity contribution in [1.29, 1.82) is 0 Å². The first-order chi connectivity index (χ1) is 13.4. The number of ether oxygens (including phenoxy) is 1. The van der Waals surface area contributed by atoms with Gasteiger partial charge in [0, 0.05) is 31.2 Å². The summed E-state index contributed by atoms with van der Waals surface area (Å²) in [5.41, 5.74) is 4.29. The molecule has 0 aliphatic carbocycles. The molecule has 28 heavy (non-hydrogen) atoms. The molecule has 1 atom stereocenters. The monoisotopic (exact) mass is 395 g/mol. The number of rotatable bonds is 5. The predicted octanol–water partition coefficient (Wildman–Crippen LogP) is 4.03. The molecule has 0 bridgehead atoms. The van der Waals surface area contributed by atoms with E-state index in [1.54, 1.807) is 0 Å². The lowest BCUT2D eigenvalue weighted by Crippen LogP contribution is -2.48.